The highest BCUT2D eigenvalue weighted by atomic mass is 35.5. The molecule has 0 saturated carbocycles. The average Bonchev–Trinajstić information content (AvgIpc) is 3.13. The highest BCUT2D eigenvalue weighted by Gasteiger charge is 2.15. The number of nitrogens with one attached hydrogen (secondary N) is 1. The molecule has 170 valence electrons. The lowest BCUT2D eigenvalue weighted by Gasteiger charge is -2.13. The molecule has 0 radical (unpaired) electrons. The number of halogens is 1. The van der Waals surface area contributed by atoms with Crippen molar-refractivity contribution in [2.75, 3.05) is 31.5 Å². The molecule has 9 nitrogen and oxygen atoms in total. The molecule has 2 heterocycles. The van der Waals surface area contributed by atoms with E-state index in [-0.39, 0.29) is 0 Å². The second kappa shape index (κ2) is 9.25. The van der Waals surface area contributed by atoms with Crippen LogP contribution in [-0.4, -0.2) is 42.2 Å². The maximum atomic E-state index is 11.0. The summed E-state index contributed by atoms with van der Waals surface area (Å²) in [6, 6.07) is 12.4. The van der Waals surface area contributed by atoms with Crippen LogP contribution in [0.5, 0.6) is 23.0 Å². The third-order valence-corrected chi connectivity index (χ3v) is 5.34. The molecule has 0 saturated heterocycles. The second-order valence-electron chi connectivity index (χ2n) is 7.13. The number of rotatable bonds is 8. The fourth-order valence-electron chi connectivity index (χ4n) is 3.28. The van der Waals surface area contributed by atoms with Gasteiger partial charge in [0, 0.05) is 38.5 Å². The van der Waals surface area contributed by atoms with Crippen LogP contribution in [0.3, 0.4) is 0 Å². The van der Waals surface area contributed by atoms with Gasteiger partial charge in [0.2, 0.25) is 12.4 Å². The van der Waals surface area contributed by atoms with E-state index in [1.54, 1.807) is 51.7 Å². The molecule has 33 heavy (non-hydrogen) atoms. The summed E-state index contributed by atoms with van der Waals surface area (Å²) in [7, 11) is 6.65. The van der Waals surface area contributed by atoms with Gasteiger partial charge in [0.1, 0.15) is 28.8 Å². The number of ether oxygens (including phenoxy) is 3. The van der Waals surface area contributed by atoms with E-state index in [1.807, 2.05) is 29.8 Å². The van der Waals surface area contributed by atoms with Gasteiger partial charge in [-0.1, -0.05) is 11.6 Å². The highest BCUT2D eigenvalue weighted by Crippen LogP contribution is 2.38. The number of nitrogens with zero attached hydrogens (tertiary/aromatic N) is 4. The number of imidazole rings is 1. The number of amides is 1. The molecule has 1 amide bonds. The van der Waals surface area contributed by atoms with Gasteiger partial charge in [-0.2, -0.15) is 0 Å². The van der Waals surface area contributed by atoms with Gasteiger partial charge in [0.15, 0.2) is 0 Å². The molecule has 4 rings (SSSR count). The van der Waals surface area contributed by atoms with Crippen molar-refractivity contribution in [3.05, 3.63) is 53.7 Å². The summed E-state index contributed by atoms with van der Waals surface area (Å²) in [6.07, 6.45) is 2.27. The van der Waals surface area contributed by atoms with Crippen LogP contribution in [0, 0.1) is 0 Å². The van der Waals surface area contributed by atoms with Gasteiger partial charge in [0.05, 0.1) is 36.0 Å². The zero-order valence-electron chi connectivity index (χ0n) is 18.5. The van der Waals surface area contributed by atoms with Crippen LogP contribution >= 0.6 is 11.6 Å². The Bertz CT molecular complexity index is 1320. The minimum absolute atomic E-state index is 0.451. The zero-order chi connectivity index (χ0) is 23.5. The fourth-order valence-corrected chi connectivity index (χ4v) is 3.52. The van der Waals surface area contributed by atoms with E-state index in [0.717, 1.165) is 11.0 Å². The van der Waals surface area contributed by atoms with E-state index in [9.17, 15) is 4.79 Å². The molecule has 2 aromatic heterocycles. The second-order valence-corrected chi connectivity index (χ2v) is 7.53. The Hall–Kier alpha value is -3.98. The summed E-state index contributed by atoms with van der Waals surface area (Å²) >= 11 is 6.29. The molecule has 10 heteroatoms. The molecule has 0 fully saturated rings. The van der Waals surface area contributed by atoms with E-state index in [2.05, 4.69) is 10.3 Å². The lowest BCUT2D eigenvalue weighted by Crippen LogP contribution is -2.14. The Morgan fingerprint density at radius 2 is 1.82 bits per heavy atom. The van der Waals surface area contributed by atoms with Crippen LogP contribution in [0.15, 0.2) is 48.7 Å². The van der Waals surface area contributed by atoms with Crippen LogP contribution in [0.2, 0.25) is 5.02 Å². The quantitative estimate of drug-likeness (QED) is 0.373. The standard InChI is InChI=1S/C23H22ClN5O4/c1-28(13-30)22-10-15(7-8-25-22)33-14-5-6-19-17(9-14)26-23(29(19)2)27-18-11-16(24)20(31-3)12-21(18)32-4/h5-13H,1-4H3,(H,26,27). The largest absolute Gasteiger partial charge is 0.495 e. The van der Waals surface area contributed by atoms with E-state index in [0.29, 0.717) is 51.9 Å². The summed E-state index contributed by atoms with van der Waals surface area (Å²) in [5.74, 6) is 3.33. The molecule has 0 spiro atoms. The Balaban J connectivity index is 1.63. The first-order valence-corrected chi connectivity index (χ1v) is 10.3. The van der Waals surface area contributed by atoms with Crippen molar-refractivity contribution in [2.45, 2.75) is 0 Å². The highest BCUT2D eigenvalue weighted by molar-refractivity contribution is 6.32. The number of hydrogen-bond acceptors (Lipinski definition) is 7. The van der Waals surface area contributed by atoms with Gasteiger partial charge in [0.25, 0.3) is 0 Å². The Kier molecular flexibility index (Phi) is 6.23. The molecule has 0 bridgehead atoms. The van der Waals surface area contributed by atoms with Crippen LogP contribution in [-0.2, 0) is 11.8 Å². The summed E-state index contributed by atoms with van der Waals surface area (Å²) in [4.78, 5) is 21.2. The lowest BCUT2D eigenvalue weighted by atomic mass is 10.2. The Morgan fingerprint density at radius 3 is 2.55 bits per heavy atom. The van der Waals surface area contributed by atoms with E-state index in [4.69, 9.17) is 30.8 Å². The summed E-state index contributed by atoms with van der Waals surface area (Å²) in [5, 5.41) is 3.72. The number of carbonyl (C=O) groups is 1. The number of anilines is 3. The van der Waals surface area contributed by atoms with Crippen molar-refractivity contribution >= 4 is 46.5 Å². The van der Waals surface area contributed by atoms with Gasteiger partial charge in [-0.3, -0.25) is 4.79 Å². The summed E-state index contributed by atoms with van der Waals surface area (Å²) < 4.78 is 18.6. The average molecular weight is 468 g/mol. The lowest BCUT2D eigenvalue weighted by molar-refractivity contribution is -0.107. The number of methoxy groups -OCH3 is 2. The van der Waals surface area contributed by atoms with Gasteiger partial charge in [-0.05, 0) is 24.3 Å². The Labute approximate surface area is 195 Å². The first-order chi connectivity index (χ1) is 15.9. The number of pyridine rings is 1. The Morgan fingerprint density at radius 1 is 1.06 bits per heavy atom. The number of carbonyl (C=O) groups excluding carboxylic acids is 1. The van der Waals surface area contributed by atoms with Crippen molar-refractivity contribution in [3.63, 3.8) is 0 Å². The van der Waals surface area contributed by atoms with E-state index in [1.165, 1.54) is 4.90 Å². The first-order valence-electron chi connectivity index (χ1n) is 9.90. The van der Waals surface area contributed by atoms with Crippen LogP contribution < -0.4 is 24.4 Å². The molecule has 0 aliphatic carbocycles. The van der Waals surface area contributed by atoms with Gasteiger partial charge >= 0.3 is 0 Å². The van der Waals surface area contributed by atoms with Crippen molar-refractivity contribution < 1.29 is 19.0 Å². The molecule has 0 unspecified atom stereocenters. The number of benzene rings is 2. The monoisotopic (exact) mass is 467 g/mol. The predicted octanol–water partition coefficient (Wildman–Crippen LogP) is 4.77. The summed E-state index contributed by atoms with van der Waals surface area (Å²) in [5.41, 5.74) is 2.29. The number of fused-ring (bicyclic) bond motifs is 1. The first kappa shape index (κ1) is 22.2. The molecule has 0 aliphatic heterocycles. The maximum absolute atomic E-state index is 11.0. The zero-order valence-corrected chi connectivity index (χ0v) is 19.3. The van der Waals surface area contributed by atoms with Crippen LogP contribution in [0.25, 0.3) is 11.0 Å². The smallest absolute Gasteiger partial charge is 0.215 e. The van der Waals surface area contributed by atoms with Gasteiger partial charge in [-0.25, -0.2) is 9.97 Å². The number of aromatic nitrogens is 3. The molecular weight excluding hydrogens is 446 g/mol. The minimum Gasteiger partial charge on any atom is -0.495 e. The van der Waals surface area contributed by atoms with Gasteiger partial charge < -0.3 is 29.0 Å². The topological polar surface area (TPSA) is 90.7 Å². The third kappa shape index (κ3) is 4.49. The van der Waals surface area contributed by atoms with Crippen molar-refractivity contribution in [2.24, 2.45) is 7.05 Å². The fraction of sp³-hybridized carbons (Fsp3) is 0.174. The molecule has 4 aromatic rings. The van der Waals surface area contributed by atoms with Crippen LogP contribution in [0.1, 0.15) is 0 Å². The molecule has 0 aliphatic rings. The summed E-state index contributed by atoms with van der Waals surface area (Å²) in [6.45, 7) is 0. The predicted molar refractivity (Wildman–Crippen MR) is 127 cm³/mol. The molecule has 2 aromatic carbocycles. The minimum atomic E-state index is 0.451. The van der Waals surface area contributed by atoms with E-state index < -0.39 is 0 Å². The third-order valence-electron chi connectivity index (χ3n) is 5.04. The van der Waals surface area contributed by atoms with Crippen molar-refractivity contribution in [3.8, 4) is 23.0 Å². The van der Waals surface area contributed by atoms with Gasteiger partial charge in [-0.15, -0.1) is 0 Å². The number of hydrogen-bond donors (Lipinski definition) is 1. The van der Waals surface area contributed by atoms with E-state index >= 15 is 0 Å². The molecule has 1 N–H and O–H groups in total. The van der Waals surface area contributed by atoms with Crippen LogP contribution in [0.4, 0.5) is 17.5 Å². The SMILES string of the molecule is COc1cc(OC)c(Nc2nc3cc(Oc4ccnc(N(C)C=O)c4)ccc3n2C)cc1Cl. The van der Waals surface area contributed by atoms with Crippen molar-refractivity contribution in [1.29, 1.82) is 0 Å². The molecule has 0 atom stereocenters. The molecular formula is C23H22ClN5O4. The normalized spacial score (nSPS) is 10.7. The van der Waals surface area contributed by atoms with Crippen molar-refractivity contribution in [1.82, 2.24) is 14.5 Å². The maximum Gasteiger partial charge on any atom is 0.215 e. The number of aryl methyl sites for hydroxylation is 1.